The normalized spacial score (nSPS) is 21.0. The van der Waals surface area contributed by atoms with Gasteiger partial charge in [-0.3, -0.25) is 4.79 Å². The lowest BCUT2D eigenvalue weighted by atomic mass is 9.99. The molecule has 0 aromatic heterocycles. The van der Waals surface area contributed by atoms with Crippen LogP contribution in [0.1, 0.15) is 20.3 Å². The molecule has 0 saturated carbocycles. The molecule has 0 bridgehead atoms. The van der Waals surface area contributed by atoms with Gasteiger partial charge in [-0.25, -0.2) is 9.69 Å². The van der Waals surface area contributed by atoms with E-state index in [0.29, 0.717) is 11.4 Å². The van der Waals surface area contributed by atoms with Crippen LogP contribution in [-0.2, 0) is 4.79 Å². The molecule has 1 aliphatic rings. The van der Waals surface area contributed by atoms with Gasteiger partial charge in [0.2, 0.25) is 0 Å². The first kappa shape index (κ1) is 12.4. The zero-order valence-electron chi connectivity index (χ0n) is 10.5. The molecule has 2 rings (SSSR count). The van der Waals surface area contributed by atoms with Crippen LogP contribution >= 0.6 is 0 Å². The van der Waals surface area contributed by atoms with Gasteiger partial charge in [-0.05, 0) is 24.1 Å². The molecule has 0 aliphatic carbocycles. The minimum atomic E-state index is -0.441. The molecule has 5 nitrogen and oxygen atoms in total. The van der Waals surface area contributed by atoms with Gasteiger partial charge in [0.25, 0.3) is 5.91 Å². The number of imide groups is 1. The highest BCUT2D eigenvalue weighted by atomic mass is 16.2. The quantitative estimate of drug-likeness (QED) is 0.631. The van der Waals surface area contributed by atoms with Crippen molar-refractivity contribution < 1.29 is 9.59 Å². The molecular formula is C13H17N3O2. The van der Waals surface area contributed by atoms with Crippen LogP contribution in [0, 0.1) is 5.92 Å². The lowest BCUT2D eigenvalue weighted by Crippen LogP contribution is -2.35. The Morgan fingerprint density at radius 2 is 2.17 bits per heavy atom. The number of benzene rings is 1. The fourth-order valence-electron chi connectivity index (χ4n) is 2.03. The summed E-state index contributed by atoms with van der Waals surface area (Å²) in [5, 5.41) is 2.72. The molecule has 1 heterocycles. The minimum Gasteiger partial charge on any atom is -0.399 e. The third kappa shape index (κ3) is 2.03. The standard InChI is InChI=1S/C13H17N3O2/c1-3-8(2)11-12(17)16(13(18)15-11)10-6-4-5-9(14)7-10/h4-8,11H,3,14H2,1-2H3,(H,15,18). The SMILES string of the molecule is CCC(C)C1NC(=O)N(c2cccc(N)c2)C1=O. The Bertz CT molecular complexity index is 487. The lowest BCUT2D eigenvalue weighted by molar-refractivity contribution is -0.119. The van der Waals surface area contributed by atoms with Gasteiger partial charge in [0.1, 0.15) is 6.04 Å². The number of amides is 3. The number of hydrogen-bond acceptors (Lipinski definition) is 3. The van der Waals surface area contributed by atoms with Crippen molar-refractivity contribution in [3.63, 3.8) is 0 Å². The molecule has 1 saturated heterocycles. The molecule has 1 aromatic carbocycles. The number of nitrogens with one attached hydrogen (secondary N) is 1. The lowest BCUT2D eigenvalue weighted by Gasteiger charge is -2.16. The molecular weight excluding hydrogens is 230 g/mol. The first-order chi connectivity index (χ1) is 8.54. The Morgan fingerprint density at radius 1 is 1.44 bits per heavy atom. The second-order valence-electron chi connectivity index (χ2n) is 4.58. The van der Waals surface area contributed by atoms with E-state index in [4.69, 9.17) is 5.73 Å². The smallest absolute Gasteiger partial charge is 0.329 e. The number of nitrogen functional groups attached to an aromatic ring is 1. The Labute approximate surface area is 106 Å². The molecule has 96 valence electrons. The molecule has 1 aliphatic heterocycles. The van der Waals surface area contributed by atoms with E-state index in [-0.39, 0.29) is 17.9 Å². The maximum absolute atomic E-state index is 12.2. The van der Waals surface area contributed by atoms with Crippen LogP contribution in [0.5, 0.6) is 0 Å². The highest BCUT2D eigenvalue weighted by Crippen LogP contribution is 2.24. The van der Waals surface area contributed by atoms with Gasteiger partial charge in [0, 0.05) is 5.69 Å². The Morgan fingerprint density at radius 3 is 2.78 bits per heavy atom. The summed E-state index contributed by atoms with van der Waals surface area (Å²) in [6.45, 7) is 3.94. The van der Waals surface area contributed by atoms with Crippen molar-refractivity contribution in [2.24, 2.45) is 5.92 Å². The highest BCUT2D eigenvalue weighted by Gasteiger charge is 2.41. The summed E-state index contributed by atoms with van der Waals surface area (Å²) < 4.78 is 0. The Hall–Kier alpha value is -2.04. The molecule has 2 unspecified atom stereocenters. The second-order valence-corrected chi connectivity index (χ2v) is 4.58. The van der Waals surface area contributed by atoms with E-state index in [1.54, 1.807) is 24.3 Å². The van der Waals surface area contributed by atoms with Crippen molar-refractivity contribution in [2.45, 2.75) is 26.3 Å². The monoisotopic (exact) mass is 247 g/mol. The van der Waals surface area contributed by atoms with E-state index in [2.05, 4.69) is 5.32 Å². The summed E-state index contributed by atoms with van der Waals surface area (Å²) in [5.74, 6) is -0.0903. The van der Waals surface area contributed by atoms with E-state index in [1.807, 2.05) is 13.8 Å². The summed E-state index contributed by atoms with van der Waals surface area (Å²) in [6, 6.07) is 5.94. The number of carbonyl (C=O) groups is 2. The second kappa shape index (κ2) is 4.68. The van der Waals surface area contributed by atoms with Gasteiger partial charge in [-0.15, -0.1) is 0 Å². The first-order valence-electron chi connectivity index (χ1n) is 6.04. The summed E-state index contributed by atoms with van der Waals surface area (Å²) in [6.07, 6.45) is 0.835. The Kier molecular flexibility index (Phi) is 3.23. The summed E-state index contributed by atoms with van der Waals surface area (Å²) >= 11 is 0. The Balaban J connectivity index is 2.30. The molecule has 1 fully saturated rings. The van der Waals surface area contributed by atoms with Crippen molar-refractivity contribution in [2.75, 3.05) is 10.6 Å². The van der Waals surface area contributed by atoms with Gasteiger partial charge in [-0.1, -0.05) is 26.3 Å². The zero-order chi connectivity index (χ0) is 13.3. The van der Waals surface area contributed by atoms with Crippen molar-refractivity contribution in [1.82, 2.24) is 5.32 Å². The topological polar surface area (TPSA) is 75.4 Å². The van der Waals surface area contributed by atoms with Crippen molar-refractivity contribution in [1.29, 1.82) is 0 Å². The number of rotatable bonds is 3. The minimum absolute atomic E-state index is 0.118. The largest absolute Gasteiger partial charge is 0.399 e. The van der Waals surface area contributed by atoms with E-state index >= 15 is 0 Å². The van der Waals surface area contributed by atoms with Crippen LogP contribution in [0.15, 0.2) is 24.3 Å². The van der Waals surface area contributed by atoms with Crippen LogP contribution in [0.4, 0.5) is 16.2 Å². The first-order valence-corrected chi connectivity index (χ1v) is 6.04. The maximum atomic E-state index is 12.2. The fraction of sp³-hybridized carbons (Fsp3) is 0.385. The van der Waals surface area contributed by atoms with Gasteiger partial charge in [0.15, 0.2) is 0 Å². The summed E-state index contributed by atoms with van der Waals surface area (Å²) in [5.41, 5.74) is 6.71. The number of carbonyl (C=O) groups excluding carboxylic acids is 2. The van der Waals surface area contributed by atoms with Crippen LogP contribution in [-0.4, -0.2) is 18.0 Å². The van der Waals surface area contributed by atoms with Crippen LogP contribution in [0.3, 0.4) is 0 Å². The summed E-state index contributed by atoms with van der Waals surface area (Å²) in [7, 11) is 0. The van der Waals surface area contributed by atoms with Gasteiger partial charge in [-0.2, -0.15) is 0 Å². The predicted octanol–water partition coefficient (Wildman–Crippen LogP) is 1.74. The van der Waals surface area contributed by atoms with Crippen LogP contribution in [0.25, 0.3) is 0 Å². The summed E-state index contributed by atoms with van der Waals surface area (Å²) in [4.78, 5) is 25.3. The number of anilines is 2. The van der Waals surface area contributed by atoms with E-state index < -0.39 is 6.04 Å². The average Bonchev–Trinajstić information content (AvgIpc) is 2.64. The van der Waals surface area contributed by atoms with E-state index in [1.165, 1.54) is 0 Å². The van der Waals surface area contributed by atoms with Crippen LogP contribution < -0.4 is 16.0 Å². The van der Waals surface area contributed by atoms with Crippen molar-refractivity contribution in [3.8, 4) is 0 Å². The molecule has 0 spiro atoms. The molecule has 2 atom stereocenters. The number of urea groups is 1. The van der Waals surface area contributed by atoms with E-state index in [0.717, 1.165) is 11.3 Å². The number of nitrogens with two attached hydrogens (primary N) is 1. The molecule has 3 N–H and O–H groups in total. The molecule has 3 amide bonds. The predicted molar refractivity (Wildman–Crippen MR) is 70.1 cm³/mol. The van der Waals surface area contributed by atoms with Gasteiger partial charge >= 0.3 is 6.03 Å². The molecule has 0 radical (unpaired) electrons. The number of hydrogen-bond donors (Lipinski definition) is 2. The van der Waals surface area contributed by atoms with E-state index in [9.17, 15) is 9.59 Å². The number of nitrogens with zero attached hydrogens (tertiary/aromatic N) is 1. The third-order valence-electron chi connectivity index (χ3n) is 3.31. The average molecular weight is 247 g/mol. The fourth-order valence-corrected chi connectivity index (χ4v) is 2.03. The van der Waals surface area contributed by atoms with Crippen molar-refractivity contribution in [3.05, 3.63) is 24.3 Å². The molecule has 18 heavy (non-hydrogen) atoms. The zero-order valence-corrected chi connectivity index (χ0v) is 10.5. The molecule has 1 aromatic rings. The van der Waals surface area contributed by atoms with Gasteiger partial charge < -0.3 is 11.1 Å². The van der Waals surface area contributed by atoms with Crippen LogP contribution in [0.2, 0.25) is 0 Å². The molecule has 5 heteroatoms. The van der Waals surface area contributed by atoms with Crippen molar-refractivity contribution >= 4 is 23.3 Å². The van der Waals surface area contributed by atoms with Gasteiger partial charge in [0.05, 0.1) is 5.69 Å². The maximum Gasteiger partial charge on any atom is 0.329 e. The highest BCUT2D eigenvalue weighted by molar-refractivity contribution is 6.21. The third-order valence-corrected chi connectivity index (χ3v) is 3.31.